The summed E-state index contributed by atoms with van der Waals surface area (Å²) in [6, 6.07) is 8.07. The van der Waals surface area contributed by atoms with Crippen LogP contribution < -0.4 is 0 Å². The second-order valence-electron chi connectivity index (χ2n) is 3.33. The van der Waals surface area contributed by atoms with E-state index in [4.69, 9.17) is 0 Å². The molecule has 14 heavy (non-hydrogen) atoms. The maximum atomic E-state index is 4.21. The summed E-state index contributed by atoms with van der Waals surface area (Å²) in [4.78, 5) is 0. The Morgan fingerprint density at radius 3 is 3.00 bits per heavy atom. The third-order valence-electron chi connectivity index (χ3n) is 2.03. The van der Waals surface area contributed by atoms with Crippen LogP contribution in [0.1, 0.15) is 12.6 Å². The van der Waals surface area contributed by atoms with Gasteiger partial charge in [0.25, 0.3) is 0 Å². The number of aromatic nitrogens is 2. The van der Waals surface area contributed by atoms with Crippen molar-refractivity contribution in [3.05, 3.63) is 48.2 Å². The first-order valence-electron chi connectivity index (χ1n) is 4.54. The molecule has 2 aromatic rings. The molecule has 0 fully saturated rings. The lowest BCUT2D eigenvalue weighted by molar-refractivity contribution is 1.11. The fourth-order valence-corrected chi connectivity index (χ4v) is 1.33. The number of aromatic amines is 1. The topological polar surface area (TPSA) is 28.7 Å². The number of hydrogen-bond acceptors (Lipinski definition) is 1. The maximum Gasteiger partial charge on any atom is 0.0927 e. The number of benzene rings is 1. The van der Waals surface area contributed by atoms with E-state index in [1.54, 1.807) is 0 Å². The Labute approximate surface area is 83.0 Å². The first-order valence-corrected chi connectivity index (χ1v) is 4.54. The van der Waals surface area contributed by atoms with Crippen molar-refractivity contribution < 1.29 is 0 Å². The Bertz CT molecular complexity index is 492. The molecule has 1 heterocycles. The van der Waals surface area contributed by atoms with Crippen molar-refractivity contribution in [3.8, 4) is 0 Å². The Balaban J connectivity index is 2.48. The molecule has 2 heteroatoms. The van der Waals surface area contributed by atoms with Gasteiger partial charge in [-0.05, 0) is 19.1 Å². The van der Waals surface area contributed by atoms with E-state index in [-0.39, 0.29) is 0 Å². The third kappa shape index (κ3) is 1.59. The molecular formula is C12H12N2. The Morgan fingerprint density at radius 1 is 1.43 bits per heavy atom. The van der Waals surface area contributed by atoms with Gasteiger partial charge in [-0.3, -0.25) is 5.10 Å². The van der Waals surface area contributed by atoms with Crippen LogP contribution in [0.15, 0.2) is 42.5 Å². The van der Waals surface area contributed by atoms with Crippen LogP contribution in [0.5, 0.6) is 0 Å². The first kappa shape index (κ1) is 8.75. The summed E-state index contributed by atoms with van der Waals surface area (Å²) in [6.45, 7) is 5.77. The largest absolute Gasteiger partial charge is 0.277 e. The van der Waals surface area contributed by atoms with Crippen molar-refractivity contribution in [2.45, 2.75) is 6.92 Å². The molecule has 0 amide bonds. The number of nitrogens with one attached hydrogen (secondary N) is 1. The fourth-order valence-electron chi connectivity index (χ4n) is 1.33. The predicted octanol–water partition coefficient (Wildman–Crippen LogP) is 3.15. The molecule has 1 N–H and O–H groups in total. The standard InChI is InChI=1S/C12H12N2/c1-9(2)7-8-12-10-5-3-4-6-11(10)13-14-12/h3-8H,1H2,2H3,(H,13,14). The van der Waals surface area contributed by atoms with Gasteiger partial charge >= 0.3 is 0 Å². The van der Waals surface area contributed by atoms with Crippen LogP contribution in [0.4, 0.5) is 0 Å². The summed E-state index contributed by atoms with van der Waals surface area (Å²) in [7, 11) is 0. The van der Waals surface area contributed by atoms with E-state index in [2.05, 4.69) is 22.8 Å². The molecule has 0 aliphatic carbocycles. The van der Waals surface area contributed by atoms with Gasteiger partial charge in [0.1, 0.15) is 0 Å². The zero-order chi connectivity index (χ0) is 9.97. The van der Waals surface area contributed by atoms with Gasteiger partial charge in [0.05, 0.1) is 11.2 Å². The minimum Gasteiger partial charge on any atom is -0.277 e. The highest BCUT2D eigenvalue weighted by Crippen LogP contribution is 2.16. The van der Waals surface area contributed by atoms with Crippen molar-refractivity contribution in [3.63, 3.8) is 0 Å². The molecule has 2 nitrogen and oxygen atoms in total. The monoisotopic (exact) mass is 184 g/mol. The lowest BCUT2D eigenvalue weighted by Gasteiger charge is -1.88. The molecule has 0 aliphatic heterocycles. The zero-order valence-corrected chi connectivity index (χ0v) is 8.12. The Hall–Kier alpha value is -1.83. The third-order valence-corrected chi connectivity index (χ3v) is 2.03. The Morgan fingerprint density at radius 2 is 2.21 bits per heavy atom. The summed E-state index contributed by atoms with van der Waals surface area (Å²) in [5, 5.41) is 8.34. The molecule has 0 aliphatic rings. The number of nitrogens with zero attached hydrogens (tertiary/aromatic N) is 1. The molecule has 0 saturated carbocycles. The Kier molecular flexibility index (Phi) is 2.19. The van der Waals surface area contributed by atoms with Gasteiger partial charge in [-0.25, -0.2) is 0 Å². The smallest absolute Gasteiger partial charge is 0.0927 e. The number of para-hydroxylation sites is 1. The molecular weight excluding hydrogens is 172 g/mol. The molecule has 0 spiro atoms. The van der Waals surface area contributed by atoms with Crippen molar-refractivity contribution in [2.24, 2.45) is 0 Å². The van der Waals surface area contributed by atoms with Crippen molar-refractivity contribution in [2.75, 3.05) is 0 Å². The van der Waals surface area contributed by atoms with Gasteiger partial charge in [-0.2, -0.15) is 5.10 Å². The van der Waals surface area contributed by atoms with E-state index in [0.29, 0.717) is 0 Å². The van der Waals surface area contributed by atoms with Gasteiger partial charge in [-0.15, -0.1) is 0 Å². The predicted molar refractivity (Wildman–Crippen MR) is 59.9 cm³/mol. The molecule has 0 unspecified atom stereocenters. The number of H-pyrrole nitrogens is 1. The lowest BCUT2D eigenvalue weighted by Crippen LogP contribution is -1.72. The van der Waals surface area contributed by atoms with E-state index in [1.165, 1.54) is 0 Å². The SMILES string of the molecule is C=C(C)C=Cc1n[nH]c2ccccc12. The molecule has 0 bridgehead atoms. The number of hydrogen-bond donors (Lipinski definition) is 1. The van der Waals surface area contributed by atoms with Crippen molar-refractivity contribution >= 4 is 17.0 Å². The quantitative estimate of drug-likeness (QED) is 0.713. The van der Waals surface area contributed by atoms with Crippen LogP contribution in [-0.2, 0) is 0 Å². The van der Waals surface area contributed by atoms with Crippen LogP contribution in [0.2, 0.25) is 0 Å². The van der Waals surface area contributed by atoms with Gasteiger partial charge < -0.3 is 0 Å². The average molecular weight is 184 g/mol. The normalized spacial score (nSPS) is 11.2. The first-order chi connectivity index (χ1) is 6.77. The average Bonchev–Trinajstić information content (AvgIpc) is 2.58. The summed E-state index contributed by atoms with van der Waals surface area (Å²) in [5.41, 5.74) is 3.05. The number of rotatable bonds is 2. The molecule has 0 radical (unpaired) electrons. The number of allylic oxidation sites excluding steroid dienone is 2. The highest BCUT2D eigenvalue weighted by atomic mass is 15.1. The van der Waals surface area contributed by atoms with Crippen molar-refractivity contribution in [1.29, 1.82) is 0 Å². The van der Waals surface area contributed by atoms with E-state index in [0.717, 1.165) is 22.2 Å². The molecule has 0 saturated heterocycles. The van der Waals surface area contributed by atoms with Crippen molar-refractivity contribution in [1.82, 2.24) is 10.2 Å². The zero-order valence-electron chi connectivity index (χ0n) is 8.12. The highest BCUT2D eigenvalue weighted by Gasteiger charge is 1.99. The summed E-state index contributed by atoms with van der Waals surface area (Å²) >= 11 is 0. The minimum atomic E-state index is 0.962. The van der Waals surface area contributed by atoms with Gasteiger partial charge in [0, 0.05) is 5.39 Å². The van der Waals surface area contributed by atoms with Gasteiger partial charge in [0.15, 0.2) is 0 Å². The van der Waals surface area contributed by atoms with E-state index < -0.39 is 0 Å². The minimum absolute atomic E-state index is 0.962. The highest BCUT2D eigenvalue weighted by molar-refractivity contribution is 5.86. The maximum absolute atomic E-state index is 4.21. The van der Waals surface area contributed by atoms with E-state index in [9.17, 15) is 0 Å². The summed E-state index contributed by atoms with van der Waals surface area (Å²) < 4.78 is 0. The molecule has 2 rings (SSSR count). The van der Waals surface area contributed by atoms with Crippen LogP contribution >= 0.6 is 0 Å². The summed E-state index contributed by atoms with van der Waals surface area (Å²) in [6.07, 6.45) is 3.93. The second kappa shape index (κ2) is 3.50. The molecule has 0 atom stereocenters. The molecule has 1 aromatic carbocycles. The van der Waals surface area contributed by atoms with E-state index >= 15 is 0 Å². The van der Waals surface area contributed by atoms with Crippen LogP contribution in [0.25, 0.3) is 17.0 Å². The summed E-state index contributed by atoms with van der Waals surface area (Å²) in [5.74, 6) is 0. The molecule has 70 valence electrons. The van der Waals surface area contributed by atoms with Gasteiger partial charge in [-0.1, -0.05) is 36.4 Å². The number of fused-ring (bicyclic) bond motifs is 1. The lowest BCUT2D eigenvalue weighted by atomic mass is 10.2. The van der Waals surface area contributed by atoms with Crippen LogP contribution in [0.3, 0.4) is 0 Å². The van der Waals surface area contributed by atoms with Crippen LogP contribution in [-0.4, -0.2) is 10.2 Å². The molecule has 1 aromatic heterocycles. The fraction of sp³-hybridized carbons (Fsp3) is 0.0833. The van der Waals surface area contributed by atoms with E-state index in [1.807, 2.05) is 37.3 Å². The van der Waals surface area contributed by atoms with Crippen LogP contribution in [0, 0.1) is 0 Å². The second-order valence-corrected chi connectivity index (χ2v) is 3.33. The van der Waals surface area contributed by atoms with Gasteiger partial charge in [0.2, 0.25) is 0 Å².